The lowest BCUT2D eigenvalue weighted by Crippen LogP contribution is -2.50. The highest BCUT2D eigenvalue weighted by Gasteiger charge is 2.29. The molecule has 0 bridgehead atoms. The molecule has 0 spiro atoms. The zero-order valence-corrected chi connectivity index (χ0v) is 8.92. The molecule has 13 heavy (non-hydrogen) atoms. The van der Waals surface area contributed by atoms with Gasteiger partial charge in [0.1, 0.15) is 0 Å². The standard InChI is InChI=1S/C7H14N2O2.2ClH/c8-7(5-6(10)11)1-3-9-4-2-7;;/h9H,1-5,8H2,(H,10,11);2*1H. The Morgan fingerprint density at radius 3 is 2.23 bits per heavy atom. The largest absolute Gasteiger partial charge is 0.481 e. The summed E-state index contributed by atoms with van der Waals surface area (Å²) in [5.74, 6) is -0.797. The quantitative estimate of drug-likeness (QED) is 0.642. The van der Waals surface area contributed by atoms with Crippen molar-refractivity contribution in [3.63, 3.8) is 0 Å². The van der Waals surface area contributed by atoms with Gasteiger partial charge in [0.05, 0.1) is 6.42 Å². The van der Waals surface area contributed by atoms with Gasteiger partial charge in [-0.2, -0.15) is 0 Å². The van der Waals surface area contributed by atoms with E-state index in [2.05, 4.69) is 5.32 Å². The van der Waals surface area contributed by atoms with Crippen LogP contribution in [0.15, 0.2) is 0 Å². The molecule has 80 valence electrons. The zero-order valence-electron chi connectivity index (χ0n) is 7.28. The molecule has 0 amide bonds. The third-order valence-electron chi connectivity index (χ3n) is 2.10. The summed E-state index contributed by atoms with van der Waals surface area (Å²) in [6, 6.07) is 0. The van der Waals surface area contributed by atoms with Crippen molar-refractivity contribution in [2.75, 3.05) is 13.1 Å². The maximum atomic E-state index is 10.4. The maximum Gasteiger partial charge on any atom is 0.305 e. The number of hydrogen-bond acceptors (Lipinski definition) is 3. The third kappa shape index (κ3) is 5.31. The Kier molecular flexibility index (Phi) is 7.64. The predicted octanol–water partition coefficient (Wildman–Crippen LogP) is 0.386. The average molecular weight is 231 g/mol. The lowest BCUT2D eigenvalue weighted by molar-refractivity contribution is -0.138. The highest BCUT2D eigenvalue weighted by atomic mass is 35.5. The SMILES string of the molecule is Cl.Cl.NC1(CC(=O)O)CCNCC1. The van der Waals surface area contributed by atoms with E-state index in [0.717, 1.165) is 25.9 Å². The van der Waals surface area contributed by atoms with E-state index in [1.807, 2.05) is 0 Å². The van der Waals surface area contributed by atoms with Crippen molar-refractivity contribution >= 4 is 30.8 Å². The fourth-order valence-electron chi connectivity index (χ4n) is 1.40. The first-order valence-corrected chi connectivity index (χ1v) is 3.84. The molecule has 1 saturated heterocycles. The number of aliphatic carboxylic acids is 1. The van der Waals surface area contributed by atoms with Crippen LogP contribution in [0, 0.1) is 0 Å². The number of nitrogens with two attached hydrogens (primary N) is 1. The molecule has 1 fully saturated rings. The number of carbonyl (C=O) groups is 1. The minimum atomic E-state index is -0.797. The van der Waals surface area contributed by atoms with Crippen LogP contribution in [0.3, 0.4) is 0 Å². The summed E-state index contributed by atoms with van der Waals surface area (Å²) in [6.45, 7) is 1.67. The Morgan fingerprint density at radius 2 is 1.85 bits per heavy atom. The number of halogens is 2. The van der Waals surface area contributed by atoms with Crippen LogP contribution in [0.4, 0.5) is 0 Å². The number of hydrogen-bond donors (Lipinski definition) is 3. The van der Waals surface area contributed by atoms with E-state index >= 15 is 0 Å². The van der Waals surface area contributed by atoms with E-state index in [9.17, 15) is 4.79 Å². The molecule has 0 aliphatic carbocycles. The molecular weight excluding hydrogens is 215 g/mol. The number of carboxylic acids is 1. The van der Waals surface area contributed by atoms with Gasteiger partial charge in [0.15, 0.2) is 0 Å². The van der Waals surface area contributed by atoms with E-state index in [0.29, 0.717) is 0 Å². The number of carboxylic acid groups (broad SMARTS) is 1. The third-order valence-corrected chi connectivity index (χ3v) is 2.10. The Balaban J connectivity index is 0. The Hall–Kier alpha value is -0.0300. The molecule has 0 atom stereocenters. The predicted molar refractivity (Wildman–Crippen MR) is 55.8 cm³/mol. The van der Waals surface area contributed by atoms with Crippen LogP contribution in [0.1, 0.15) is 19.3 Å². The lowest BCUT2D eigenvalue weighted by Gasteiger charge is -2.32. The first kappa shape index (κ1) is 15.4. The van der Waals surface area contributed by atoms with Crippen LogP contribution in [-0.4, -0.2) is 29.7 Å². The highest BCUT2D eigenvalue weighted by molar-refractivity contribution is 5.85. The van der Waals surface area contributed by atoms with Gasteiger partial charge in [-0.25, -0.2) is 0 Å². The molecule has 0 aromatic rings. The fraction of sp³-hybridized carbons (Fsp3) is 0.857. The average Bonchev–Trinajstić information content (AvgIpc) is 1.85. The van der Waals surface area contributed by atoms with Crippen LogP contribution < -0.4 is 11.1 Å². The summed E-state index contributed by atoms with van der Waals surface area (Å²) in [4.78, 5) is 10.4. The maximum absolute atomic E-state index is 10.4. The summed E-state index contributed by atoms with van der Waals surface area (Å²) < 4.78 is 0. The van der Waals surface area contributed by atoms with E-state index in [4.69, 9.17) is 10.8 Å². The minimum Gasteiger partial charge on any atom is -0.481 e. The summed E-state index contributed by atoms with van der Waals surface area (Å²) in [6.07, 6.45) is 1.62. The summed E-state index contributed by atoms with van der Waals surface area (Å²) in [7, 11) is 0. The molecule has 1 heterocycles. The molecule has 0 radical (unpaired) electrons. The Morgan fingerprint density at radius 1 is 1.38 bits per heavy atom. The van der Waals surface area contributed by atoms with Crippen molar-refractivity contribution in [3.05, 3.63) is 0 Å². The van der Waals surface area contributed by atoms with Crippen molar-refractivity contribution in [1.29, 1.82) is 0 Å². The summed E-state index contributed by atoms with van der Waals surface area (Å²) >= 11 is 0. The van der Waals surface area contributed by atoms with E-state index in [1.54, 1.807) is 0 Å². The first-order valence-electron chi connectivity index (χ1n) is 3.84. The second-order valence-electron chi connectivity index (χ2n) is 3.18. The van der Waals surface area contributed by atoms with Crippen molar-refractivity contribution < 1.29 is 9.90 Å². The number of rotatable bonds is 2. The van der Waals surface area contributed by atoms with Gasteiger partial charge in [0, 0.05) is 5.54 Å². The van der Waals surface area contributed by atoms with Crippen molar-refractivity contribution in [1.82, 2.24) is 5.32 Å². The second-order valence-corrected chi connectivity index (χ2v) is 3.18. The van der Waals surface area contributed by atoms with Crippen LogP contribution >= 0.6 is 24.8 Å². The molecular formula is C7H16Cl2N2O2. The van der Waals surface area contributed by atoms with Gasteiger partial charge in [0.2, 0.25) is 0 Å². The molecule has 6 heteroatoms. The van der Waals surface area contributed by atoms with Crippen LogP contribution in [0.5, 0.6) is 0 Å². The normalized spacial score (nSPS) is 19.5. The Bertz CT molecular complexity index is 161. The number of piperidine rings is 1. The van der Waals surface area contributed by atoms with Crippen molar-refractivity contribution in [2.24, 2.45) is 5.73 Å². The molecule has 1 aliphatic heterocycles. The molecule has 4 nitrogen and oxygen atoms in total. The van der Waals surface area contributed by atoms with Gasteiger partial charge in [-0.1, -0.05) is 0 Å². The van der Waals surface area contributed by atoms with Crippen LogP contribution in [0.2, 0.25) is 0 Å². The molecule has 0 aromatic heterocycles. The summed E-state index contributed by atoms with van der Waals surface area (Å²) in [5.41, 5.74) is 5.38. The fourth-order valence-corrected chi connectivity index (χ4v) is 1.40. The van der Waals surface area contributed by atoms with Gasteiger partial charge in [-0.05, 0) is 25.9 Å². The van der Waals surface area contributed by atoms with Gasteiger partial charge < -0.3 is 16.2 Å². The highest BCUT2D eigenvalue weighted by Crippen LogP contribution is 2.18. The molecule has 1 rings (SSSR count). The summed E-state index contributed by atoms with van der Waals surface area (Å²) in [5, 5.41) is 11.7. The first-order chi connectivity index (χ1) is 5.12. The van der Waals surface area contributed by atoms with E-state index in [-0.39, 0.29) is 31.2 Å². The van der Waals surface area contributed by atoms with Crippen molar-refractivity contribution in [3.8, 4) is 0 Å². The van der Waals surface area contributed by atoms with Crippen molar-refractivity contribution in [2.45, 2.75) is 24.8 Å². The van der Waals surface area contributed by atoms with Crippen LogP contribution in [-0.2, 0) is 4.79 Å². The Labute approximate surface area is 90.1 Å². The minimum absolute atomic E-state index is 0. The number of nitrogens with one attached hydrogen (secondary N) is 1. The van der Waals surface area contributed by atoms with Gasteiger partial charge in [-0.3, -0.25) is 4.79 Å². The van der Waals surface area contributed by atoms with E-state index < -0.39 is 11.5 Å². The molecule has 0 aromatic carbocycles. The monoisotopic (exact) mass is 230 g/mol. The topological polar surface area (TPSA) is 75.4 Å². The van der Waals surface area contributed by atoms with Gasteiger partial charge >= 0.3 is 5.97 Å². The molecule has 1 aliphatic rings. The van der Waals surface area contributed by atoms with Crippen LogP contribution in [0.25, 0.3) is 0 Å². The van der Waals surface area contributed by atoms with Gasteiger partial charge in [0.25, 0.3) is 0 Å². The second kappa shape index (κ2) is 6.43. The molecule has 0 saturated carbocycles. The zero-order chi connectivity index (χ0) is 8.32. The molecule has 0 unspecified atom stereocenters. The van der Waals surface area contributed by atoms with Gasteiger partial charge in [-0.15, -0.1) is 24.8 Å². The lowest BCUT2D eigenvalue weighted by atomic mass is 9.86. The van der Waals surface area contributed by atoms with E-state index in [1.165, 1.54) is 0 Å². The smallest absolute Gasteiger partial charge is 0.305 e. The molecule has 4 N–H and O–H groups in total.